The zero-order valence-corrected chi connectivity index (χ0v) is 18.0. The number of carbonyl (C=O) groups is 2. The van der Waals surface area contributed by atoms with E-state index in [0.717, 1.165) is 16.7 Å². The van der Waals surface area contributed by atoms with Crippen molar-refractivity contribution >= 4 is 17.4 Å². The van der Waals surface area contributed by atoms with E-state index in [-0.39, 0.29) is 29.6 Å². The number of nitrogens with one attached hydrogen (secondary N) is 1. The molecule has 1 N–H and O–H groups in total. The predicted molar refractivity (Wildman–Crippen MR) is 114 cm³/mol. The number of ether oxygens (including phenoxy) is 2. The number of benzene rings is 2. The van der Waals surface area contributed by atoms with E-state index in [9.17, 15) is 9.59 Å². The van der Waals surface area contributed by atoms with Crippen molar-refractivity contribution in [3.05, 3.63) is 52.6 Å². The molecule has 3 rings (SSSR count). The van der Waals surface area contributed by atoms with E-state index in [4.69, 9.17) is 9.47 Å². The number of carbonyl (C=O) groups excluding carboxylic acids is 2. The van der Waals surface area contributed by atoms with Crippen molar-refractivity contribution < 1.29 is 19.1 Å². The van der Waals surface area contributed by atoms with E-state index in [2.05, 4.69) is 26.1 Å². The molecular weight excluding hydrogens is 366 g/mol. The largest absolute Gasteiger partial charge is 0.495 e. The summed E-state index contributed by atoms with van der Waals surface area (Å²) in [5.41, 5.74) is 4.38. The highest BCUT2D eigenvalue weighted by atomic mass is 16.5. The summed E-state index contributed by atoms with van der Waals surface area (Å²) >= 11 is 0. The van der Waals surface area contributed by atoms with E-state index in [0.29, 0.717) is 29.2 Å². The van der Waals surface area contributed by atoms with Crippen molar-refractivity contribution in [3.8, 4) is 11.5 Å². The number of ketones is 1. The molecule has 0 unspecified atom stereocenters. The lowest BCUT2D eigenvalue weighted by Crippen LogP contribution is -2.22. The first-order chi connectivity index (χ1) is 13.6. The van der Waals surface area contributed by atoms with Crippen LogP contribution in [0.1, 0.15) is 67.1 Å². The molecule has 1 aliphatic rings. The molecule has 0 spiro atoms. The molecule has 0 fully saturated rings. The van der Waals surface area contributed by atoms with Gasteiger partial charge in [0.1, 0.15) is 11.5 Å². The molecule has 0 radical (unpaired) electrons. The predicted octanol–water partition coefficient (Wildman–Crippen LogP) is 5.01. The lowest BCUT2D eigenvalue weighted by atomic mass is 9.87. The average Bonchev–Trinajstić information content (AvgIpc) is 2.96. The highest BCUT2D eigenvalue weighted by molar-refractivity contribution is 6.04. The second-order valence-electron chi connectivity index (χ2n) is 8.70. The van der Waals surface area contributed by atoms with Crippen LogP contribution in [-0.4, -0.2) is 25.4 Å². The van der Waals surface area contributed by atoms with Gasteiger partial charge in [-0.1, -0.05) is 39.8 Å². The number of aryl methyl sites for hydroxylation is 1. The summed E-state index contributed by atoms with van der Waals surface area (Å²) in [6.45, 7) is 10.2. The summed E-state index contributed by atoms with van der Waals surface area (Å²) in [5.74, 6) is 1.02. The Bertz CT molecular complexity index is 956. The standard InChI is InChI=1S/C24H29NO4/c1-14-7-9-20(23-18(26)11-15(2)22(14)23)29-13-21(27)25-17-12-16(24(3,4)5)8-10-19(17)28-6/h7-10,12,15H,11,13H2,1-6H3,(H,25,27)/t15-/m1/s1. The van der Waals surface area contributed by atoms with Crippen molar-refractivity contribution in [2.45, 2.75) is 52.4 Å². The molecule has 0 saturated heterocycles. The average molecular weight is 395 g/mol. The Labute approximate surface area is 172 Å². The molecule has 154 valence electrons. The second-order valence-corrected chi connectivity index (χ2v) is 8.70. The van der Waals surface area contributed by atoms with Crippen molar-refractivity contribution in [3.63, 3.8) is 0 Å². The van der Waals surface area contributed by atoms with Crippen molar-refractivity contribution in [1.29, 1.82) is 0 Å². The fraction of sp³-hybridized carbons (Fsp3) is 0.417. The van der Waals surface area contributed by atoms with Crippen molar-refractivity contribution in [2.75, 3.05) is 19.0 Å². The number of amides is 1. The van der Waals surface area contributed by atoms with Crippen LogP contribution < -0.4 is 14.8 Å². The van der Waals surface area contributed by atoms with E-state index in [1.54, 1.807) is 13.2 Å². The monoisotopic (exact) mass is 395 g/mol. The van der Waals surface area contributed by atoms with Gasteiger partial charge in [-0.15, -0.1) is 0 Å². The smallest absolute Gasteiger partial charge is 0.262 e. The Hall–Kier alpha value is -2.82. The van der Waals surface area contributed by atoms with Crippen LogP contribution in [0.25, 0.3) is 0 Å². The van der Waals surface area contributed by atoms with Crippen LogP contribution in [0.4, 0.5) is 5.69 Å². The first-order valence-electron chi connectivity index (χ1n) is 9.89. The minimum absolute atomic E-state index is 0.0538. The van der Waals surface area contributed by atoms with Crippen LogP contribution in [0.3, 0.4) is 0 Å². The first kappa shape index (κ1) is 20.9. The van der Waals surface area contributed by atoms with E-state index in [1.807, 2.05) is 38.1 Å². The fourth-order valence-corrected chi connectivity index (χ4v) is 3.83. The first-order valence-corrected chi connectivity index (χ1v) is 9.89. The molecule has 0 saturated carbocycles. The van der Waals surface area contributed by atoms with Gasteiger partial charge < -0.3 is 14.8 Å². The molecule has 0 bridgehead atoms. The lowest BCUT2D eigenvalue weighted by Gasteiger charge is -2.21. The number of fused-ring (bicyclic) bond motifs is 1. The SMILES string of the molecule is COc1ccc(C(C)(C)C)cc1NC(=O)COc1ccc(C)c2c1C(=O)C[C@H]2C. The van der Waals surface area contributed by atoms with Crippen LogP contribution in [0.5, 0.6) is 11.5 Å². The van der Waals surface area contributed by atoms with Gasteiger partial charge in [-0.2, -0.15) is 0 Å². The van der Waals surface area contributed by atoms with Crippen LogP contribution in [-0.2, 0) is 10.2 Å². The van der Waals surface area contributed by atoms with E-state index >= 15 is 0 Å². The fourth-order valence-electron chi connectivity index (χ4n) is 3.83. The quantitative estimate of drug-likeness (QED) is 0.773. The molecule has 2 aromatic rings. The number of hydrogen-bond donors (Lipinski definition) is 1. The Kier molecular flexibility index (Phi) is 5.69. The molecular formula is C24H29NO4. The molecule has 1 aliphatic carbocycles. The van der Waals surface area contributed by atoms with Gasteiger partial charge >= 0.3 is 0 Å². The molecule has 5 nitrogen and oxygen atoms in total. The highest BCUT2D eigenvalue weighted by Crippen LogP contribution is 2.40. The second kappa shape index (κ2) is 7.90. The molecule has 5 heteroatoms. The van der Waals surface area contributed by atoms with Gasteiger partial charge in [-0.3, -0.25) is 9.59 Å². The third-order valence-corrected chi connectivity index (χ3v) is 5.39. The minimum atomic E-state index is -0.304. The van der Waals surface area contributed by atoms with Gasteiger partial charge in [-0.05, 0) is 53.1 Å². The highest BCUT2D eigenvalue weighted by Gasteiger charge is 2.31. The third-order valence-electron chi connectivity index (χ3n) is 5.39. The minimum Gasteiger partial charge on any atom is -0.495 e. The Morgan fingerprint density at radius 2 is 1.86 bits per heavy atom. The maximum atomic E-state index is 12.6. The van der Waals surface area contributed by atoms with Gasteiger partial charge in [0.25, 0.3) is 5.91 Å². The number of methoxy groups -OCH3 is 1. The summed E-state index contributed by atoms with van der Waals surface area (Å²) < 4.78 is 11.1. The lowest BCUT2D eigenvalue weighted by molar-refractivity contribution is -0.118. The summed E-state index contributed by atoms with van der Waals surface area (Å²) in [6.07, 6.45) is 0.486. The van der Waals surface area contributed by atoms with Crippen LogP contribution in [0.15, 0.2) is 30.3 Å². The molecule has 2 aromatic carbocycles. The third kappa shape index (κ3) is 4.29. The number of anilines is 1. The Balaban J connectivity index is 1.76. The molecule has 1 amide bonds. The summed E-state index contributed by atoms with van der Waals surface area (Å²) in [6, 6.07) is 9.48. The normalized spacial score (nSPS) is 15.8. The summed E-state index contributed by atoms with van der Waals surface area (Å²) in [5, 5.41) is 2.87. The molecule has 0 heterocycles. The summed E-state index contributed by atoms with van der Waals surface area (Å²) in [7, 11) is 1.57. The van der Waals surface area contributed by atoms with Gasteiger partial charge in [0.15, 0.2) is 12.4 Å². The van der Waals surface area contributed by atoms with E-state index in [1.165, 1.54) is 0 Å². The van der Waals surface area contributed by atoms with Gasteiger partial charge in [0, 0.05) is 6.42 Å². The maximum absolute atomic E-state index is 12.6. The Morgan fingerprint density at radius 3 is 2.52 bits per heavy atom. The van der Waals surface area contributed by atoms with Crippen LogP contribution in [0.2, 0.25) is 0 Å². The maximum Gasteiger partial charge on any atom is 0.262 e. The van der Waals surface area contributed by atoms with Crippen molar-refractivity contribution in [2.24, 2.45) is 0 Å². The number of rotatable bonds is 5. The Morgan fingerprint density at radius 1 is 1.17 bits per heavy atom. The molecule has 0 aromatic heterocycles. The van der Waals surface area contributed by atoms with Crippen molar-refractivity contribution in [1.82, 2.24) is 0 Å². The molecule has 1 atom stereocenters. The summed E-state index contributed by atoms with van der Waals surface area (Å²) in [4.78, 5) is 25.0. The van der Waals surface area contributed by atoms with Gasteiger partial charge in [0.2, 0.25) is 0 Å². The van der Waals surface area contributed by atoms with Gasteiger partial charge in [-0.25, -0.2) is 0 Å². The van der Waals surface area contributed by atoms with E-state index < -0.39 is 0 Å². The topological polar surface area (TPSA) is 64.6 Å². The zero-order valence-electron chi connectivity index (χ0n) is 18.0. The number of Topliss-reactive ketones (excluding diaryl/α,β-unsaturated/α-hetero) is 1. The molecule has 29 heavy (non-hydrogen) atoms. The van der Waals surface area contributed by atoms with Gasteiger partial charge in [0.05, 0.1) is 18.4 Å². The zero-order chi connectivity index (χ0) is 21.3. The van der Waals surface area contributed by atoms with Crippen LogP contribution >= 0.6 is 0 Å². The molecule has 0 aliphatic heterocycles. The van der Waals surface area contributed by atoms with Crippen LogP contribution in [0, 0.1) is 6.92 Å². The number of hydrogen-bond acceptors (Lipinski definition) is 4.